The van der Waals surface area contributed by atoms with Gasteiger partial charge in [-0.25, -0.2) is 8.78 Å². The lowest BCUT2D eigenvalue weighted by atomic mass is 10.2. The van der Waals surface area contributed by atoms with E-state index in [0.29, 0.717) is 11.8 Å². The number of halogens is 2. The summed E-state index contributed by atoms with van der Waals surface area (Å²) in [6.45, 7) is 3.09. The largest absolute Gasteiger partial charge is 0.351 e. The predicted octanol–water partition coefficient (Wildman–Crippen LogP) is 4.09. The molecule has 28 heavy (non-hydrogen) atoms. The molecule has 0 aliphatic rings. The average molecular weight is 385 g/mol. The fourth-order valence-electron chi connectivity index (χ4n) is 3.00. The Balaban J connectivity index is 1.53. The minimum Gasteiger partial charge on any atom is -0.351 e. The molecule has 7 heteroatoms. The first-order valence-corrected chi connectivity index (χ1v) is 9.10. The molecule has 0 saturated heterocycles. The number of hydrogen-bond acceptors (Lipinski definition) is 2. The van der Waals surface area contributed by atoms with Gasteiger partial charge in [0, 0.05) is 48.4 Å². The van der Waals surface area contributed by atoms with Crippen LogP contribution in [0.15, 0.2) is 48.7 Å². The van der Waals surface area contributed by atoms with Crippen molar-refractivity contribution in [3.63, 3.8) is 0 Å². The van der Waals surface area contributed by atoms with Crippen LogP contribution in [0.4, 0.5) is 14.5 Å². The second-order valence-electron chi connectivity index (χ2n) is 6.46. The van der Waals surface area contributed by atoms with Gasteiger partial charge in [0.15, 0.2) is 0 Å². The second-order valence-corrected chi connectivity index (χ2v) is 6.46. The molecule has 1 heterocycles. The number of amides is 2. The van der Waals surface area contributed by atoms with Gasteiger partial charge in [0.2, 0.25) is 5.91 Å². The molecule has 0 unspecified atom stereocenters. The van der Waals surface area contributed by atoms with E-state index in [4.69, 9.17) is 0 Å². The molecule has 3 rings (SSSR count). The highest BCUT2D eigenvalue weighted by Gasteiger charge is 2.13. The number of anilines is 1. The topological polar surface area (TPSA) is 63.1 Å². The number of aryl methyl sites for hydroxylation is 1. The summed E-state index contributed by atoms with van der Waals surface area (Å²) in [5, 5.41) is 6.28. The van der Waals surface area contributed by atoms with Crippen LogP contribution >= 0.6 is 0 Å². The van der Waals surface area contributed by atoms with Crippen molar-refractivity contribution < 1.29 is 18.4 Å². The number of aromatic nitrogens is 1. The third-order valence-electron chi connectivity index (χ3n) is 4.33. The normalized spacial score (nSPS) is 10.8. The SMILES string of the molecule is CCCn1ccc2cc(NC(=O)CCNC(=O)c3ccc(F)cc3F)ccc21. The molecular formula is C21H21F2N3O2. The predicted molar refractivity (Wildman–Crippen MR) is 104 cm³/mol. The number of rotatable bonds is 7. The van der Waals surface area contributed by atoms with Gasteiger partial charge in [0.25, 0.3) is 5.91 Å². The van der Waals surface area contributed by atoms with E-state index in [2.05, 4.69) is 22.1 Å². The van der Waals surface area contributed by atoms with Crippen LogP contribution in [0.3, 0.4) is 0 Å². The molecule has 0 spiro atoms. The minimum absolute atomic E-state index is 0.0312. The Kier molecular flexibility index (Phi) is 6.03. The van der Waals surface area contributed by atoms with Crippen LogP contribution in [0.25, 0.3) is 10.9 Å². The number of hydrogen-bond donors (Lipinski definition) is 2. The summed E-state index contributed by atoms with van der Waals surface area (Å²) in [7, 11) is 0. The Hall–Kier alpha value is -3.22. The quantitative estimate of drug-likeness (QED) is 0.644. The van der Waals surface area contributed by atoms with Gasteiger partial charge in [-0.05, 0) is 42.8 Å². The molecule has 0 bridgehead atoms. The van der Waals surface area contributed by atoms with Crippen molar-refractivity contribution in [2.75, 3.05) is 11.9 Å². The zero-order valence-corrected chi connectivity index (χ0v) is 15.5. The van der Waals surface area contributed by atoms with E-state index < -0.39 is 17.5 Å². The average Bonchev–Trinajstić information content (AvgIpc) is 3.04. The summed E-state index contributed by atoms with van der Waals surface area (Å²) in [5.41, 5.74) is 1.51. The van der Waals surface area contributed by atoms with E-state index in [-0.39, 0.29) is 24.4 Å². The van der Waals surface area contributed by atoms with Gasteiger partial charge < -0.3 is 15.2 Å². The molecule has 0 aliphatic heterocycles. The third-order valence-corrected chi connectivity index (χ3v) is 4.33. The van der Waals surface area contributed by atoms with E-state index in [1.807, 2.05) is 30.5 Å². The molecule has 0 radical (unpaired) electrons. The van der Waals surface area contributed by atoms with Crippen LogP contribution in [-0.4, -0.2) is 22.9 Å². The Morgan fingerprint density at radius 3 is 2.64 bits per heavy atom. The van der Waals surface area contributed by atoms with Crippen LogP contribution in [0.1, 0.15) is 30.1 Å². The molecule has 0 fully saturated rings. The summed E-state index contributed by atoms with van der Waals surface area (Å²) in [6.07, 6.45) is 3.09. The molecule has 3 aromatic rings. The second kappa shape index (κ2) is 8.65. The van der Waals surface area contributed by atoms with Crippen LogP contribution in [0.2, 0.25) is 0 Å². The van der Waals surface area contributed by atoms with Crippen molar-refractivity contribution in [2.45, 2.75) is 26.3 Å². The molecule has 1 aromatic heterocycles. The molecule has 0 aliphatic carbocycles. The molecule has 146 valence electrons. The highest BCUT2D eigenvalue weighted by molar-refractivity contribution is 5.96. The Labute approximate surface area is 161 Å². The maximum Gasteiger partial charge on any atom is 0.254 e. The zero-order chi connectivity index (χ0) is 20.1. The number of benzene rings is 2. The minimum atomic E-state index is -0.940. The number of carbonyl (C=O) groups excluding carboxylic acids is 2. The van der Waals surface area contributed by atoms with Gasteiger partial charge >= 0.3 is 0 Å². The standard InChI is InChI=1S/C21H21F2N3O2/c1-2-10-26-11-8-14-12-16(4-6-19(14)26)25-20(27)7-9-24-21(28)17-5-3-15(22)13-18(17)23/h3-6,8,11-13H,2,7,9-10H2,1H3,(H,24,28)(H,25,27). The molecule has 5 nitrogen and oxygen atoms in total. The summed E-state index contributed by atoms with van der Waals surface area (Å²) in [6, 6.07) is 10.4. The molecular weight excluding hydrogens is 364 g/mol. The smallest absolute Gasteiger partial charge is 0.254 e. The Morgan fingerprint density at radius 2 is 1.89 bits per heavy atom. The van der Waals surface area contributed by atoms with Crippen molar-refractivity contribution in [3.8, 4) is 0 Å². The van der Waals surface area contributed by atoms with E-state index >= 15 is 0 Å². The Bertz CT molecular complexity index is 1010. The lowest BCUT2D eigenvalue weighted by Crippen LogP contribution is -2.28. The number of fused-ring (bicyclic) bond motifs is 1. The number of carbonyl (C=O) groups is 2. The fourth-order valence-corrected chi connectivity index (χ4v) is 3.00. The van der Waals surface area contributed by atoms with Crippen LogP contribution < -0.4 is 10.6 Å². The number of nitrogens with zero attached hydrogens (tertiary/aromatic N) is 1. The van der Waals surface area contributed by atoms with Crippen LogP contribution in [-0.2, 0) is 11.3 Å². The fraction of sp³-hybridized carbons (Fsp3) is 0.238. The van der Waals surface area contributed by atoms with Crippen molar-refractivity contribution in [1.82, 2.24) is 9.88 Å². The van der Waals surface area contributed by atoms with Crippen molar-refractivity contribution in [3.05, 3.63) is 65.9 Å². The molecule has 0 saturated carbocycles. The van der Waals surface area contributed by atoms with Gasteiger partial charge in [-0.2, -0.15) is 0 Å². The van der Waals surface area contributed by atoms with Crippen molar-refractivity contribution >= 4 is 28.4 Å². The molecule has 2 amide bonds. The first-order valence-electron chi connectivity index (χ1n) is 9.10. The van der Waals surface area contributed by atoms with Crippen LogP contribution in [0.5, 0.6) is 0 Å². The molecule has 2 aromatic carbocycles. The van der Waals surface area contributed by atoms with Gasteiger partial charge in [0.05, 0.1) is 5.56 Å². The van der Waals surface area contributed by atoms with E-state index in [9.17, 15) is 18.4 Å². The zero-order valence-electron chi connectivity index (χ0n) is 15.5. The van der Waals surface area contributed by atoms with Gasteiger partial charge in [-0.1, -0.05) is 6.92 Å². The maximum absolute atomic E-state index is 13.6. The van der Waals surface area contributed by atoms with E-state index in [0.717, 1.165) is 36.0 Å². The highest BCUT2D eigenvalue weighted by atomic mass is 19.1. The first kappa shape index (κ1) is 19.5. The number of nitrogens with one attached hydrogen (secondary N) is 2. The highest BCUT2D eigenvalue weighted by Crippen LogP contribution is 2.21. The summed E-state index contributed by atoms with van der Waals surface area (Å²) < 4.78 is 28.6. The lowest BCUT2D eigenvalue weighted by molar-refractivity contribution is -0.116. The van der Waals surface area contributed by atoms with E-state index in [1.54, 1.807) is 0 Å². The van der Waals surface area contributed by atoms with E-state index in [1.165, 1.54) is 0 Å². The van der Waals surface area contributed by atoms with Gasteiger partial charge in [-0.3, -0.25) is 9.59 Å². The molecule has 0 atom stereocenters. The van der Waals surface area contributed by atoms with Gasteiger partial charge in [0.1, 0.15) is 11.6 Å². The monoisotopic (exact) mass is 385 g/mol. The van der Waals surface area contributed by atoms with Crippen molar-refractivity contribution in [2.24, 2.45) is 0 Å². The van der Waals surface area contributed by atoms with Crippen molar-refractivity contribution in [1.29, 1.82) is 0 Å². The third kappa shape index (κ3) is 4.54. The Morgan fingerprint density at radius 1 is 1.07 bits per heavy atom. The lowest BCUT2D eigenvalue weighted by Gasteiger charge is -2.08. The summed E-state index contributed by atoms with van der Waals surface area (Å²) in [5.74, 6) is -2.66. The molecule has 2 N–H and O–H groups in total. The first-order chi connectivity index (χ1) is 13.5. The van der Waals surface area contributed by atoms with Crippen LogP contribution in [0, 0.1) is 11.6 Å². The maximum atomic E-state index is 13.6. The summed E-state index contributed by atoms with van der Waals surface area (Å²) >= 11 is 0. The summed E-state index contributed by atoms with van der Waals surface area (Å²) in [4.78, 5) is 24.0. The van der Waals surface area contributed by atoms with Gasteiger partial charge in [-0.15, -0.1) is 0 Å².